The molecule has 1 aromatic heterocycles. The summed E-state index contributed by atoms with van der Waals surface area (Å²) >= 11 is 0. The van der Waals surface area contributed by atoms with Crippen LogP contribution in [0.15, 0.2) is 42.6 Å². The molecule has 0 spiro atoms. The summed E-state index contributed by atoms with van der Waals surface area (Å²) in [5.41, 5.74) is 1.75. The Labute approximate surface area is 143 Å². The van der Waals surface area contributed by atoms with Gasteiger partial charge in [0.2, 0.25) is 0 Å². The number of aryl methyl sites for hydroxylation is 1. The summed E-state index contributed by atoms with van der Waals surface area (Å²) in [6.45, 7) is 5.59. The Hall–Kier alpha value is -2.14. The molecule has 3 rings (SSSR count). The average molecular weight is 326 g/mol. The predicted octanol–water partition coefficient (Wildman–Crippen LogP) is 2.86. The van der Waals surface area contributed by atoms with E-state index in [1.54, 1.807) is 10.7 Å². The van der Waals surface area contributed by atoms with Gasteiger partial charge in [0.25, 0.3) is 5.91 Å². The van der Waals surface area contributed by atoms with E-state index in [-0.39, 0.29) is 11.9 Å². The number of likely N-dealkylation sites (tertiary alicyclic amines) is 1. The summed E-state index contributed by atoms with van der Waals surface area (Å²) in [6.07, 6.45) is 5.61. The lowest BCUT2D eigenvalue weighted by atomic mass is 10.0. The molecule has 2 aromatic rings. The Bertz CT molecular complexity index is 646. The van der Waals surface area contributed by atoms with Crippen LogP contribution in [-0.2, 0) is 6.54 Å². The van der Waals surface area contributed by atoms with Crippen LogP contribution in [-0.4, -0.2) is 40.2 Å². The fourth-order valence-corrected chi connectivity index (χ4v) is 3.30. The van der Waals surface area contributed by atoms with Gasteiger partial charge in [0.1, 0.15) is 5.69 Å². The van der Waals surface area contributed by atoms with E-state index in [9.17, 15) is 4.79 Å². The minimum Gasteiger partial charge on any atom is -0.349 e. The highest BCUT2D eigenvalue weighted by Gasteiger charge is 2.23. The Morgan fingerprint density at radius 3 is 2.58 bits per heavy atom. The molecule has 5 nitrogen and oxygen atoms in total. The van der Waals surface area contributed by atoms with Crippen molar-refractivity contribution in [2.24, 2.45) is 0 Å². The molecule has 1 saturated heterocycles. The Balaban J connectivity index is 1.68. The van der Waals surface area contributed by atoms with Crippen LogP contribution in [0, 0.1) is 0 Å². The van der Waals surface area contributed by atoms with Crippen LogP contribution in [0.5, 0.6) is 0 Å². The third-order valence-corrected chi connectivity index (χ3v) is 4.67. The van der Waals surface area contributed by atoms with Crippen LogP contribution in [0.4, 0.5) is 0 Å². The van der Waals surface area contributed by atoms with Crippen molar-refractivity contribution >= 4 is 5.91 Å². The summed E-state index contributed by atoms with van der Waals surface area (Å²) in [5.74, 6) is -0.0971. The average Bonchev–Trinajstić information content (AvgIpc) is 3.13. The van der Waals surface area contributed by atoms with Gasteiger partial charge in [0.05, 0.1) is 6.04 Å². The molecule has 1 atom stereocenters. The molecule has 1 aromatic carbocycles. The topological polar surface area (TPSA) is 50.2 Å². The molecule has 1 fully saturated rings. The second kappa shape index (κ2) is 8.11. The first kappa shape index (κ1) is 16.7. The number of piperidine rings is 1. The van der Waals surface area contributed by atoms with Crippen LogP contribution in [0.25, 0.3) is 0 Å². The van der Waals surface area contributed by atoms with Gasteiger partial charge in [0.15, 0.2) is 0 Å². The van der Waals surface area contributed by atoms with E-state index in [1.807, 2.05) is 19.2 Å². The normalized spacial score (nSPS) is 16.7. The van der Waals surface area contributed by atoms with Crippen molar-refractivity contribution < 1.29 is 4.79 Å². The lowest BCUT2D eigenvalue weighted by molar-refractivity contribution is 0.0918. The molecule has 128 valence electrons. The quantitative estimate of drug-likeness (QED) is 0.888. The molecule has 0 bridgehead atoms. The van der Waals surface area contributed by atoms with Gasteiger partial charge in [-0.25, -0.2) is 0 Å². The highest BCUT2D eigenvalue weighted by molar-refractivity contribution is 5.92. The van der Waals surface area contributed by atoms with Crippen molar-refractivity contribution in [1.29, 1.82) is 0 Å². The largest absolute Gasteiger partial charge is 0.349 e. The maximum absolute atomic E-state index is 12.4. The van der Waals surface area contributed by atoms with Crippen molar-refractivity contribution in [2.75, 3.05) is 19.6 Å². The van der Waals surface area contributed by atoms with Crippen molar-refractivity contribution in [2.45, 2.75) is 38.8 Å². The number of aromatic nitrogens is 2. The molecule has 1 aliphatic rings. The number of hydrogen-bond donors (Lipinski definition) is 1. The van der Waals surface area contributed by atoms with Crippen LogP contribution in [0.1, 0.15) is 48.3 Å². The van der Waals surface area contributed by atoms with Gasteiger partial charge in [-0.3, -0.25) is 14.4 Å². The number of hydrogen-bond acceptors (Lipinski definition) is 3. The molecule has 1 amide bonds. The maximum Gasteiger partial charge on any atom is 0.271 e. The van der Waals surface area contributed by atoms with Gasteiger partial charge in [-0.15, -0.1) is 0 Å². The number of carbonyl (C=O) groups is 1. The van der Waals surface area contributed by atoms with Gasteiger partial charge < -0.3 is 5.32 Å². The summed E-state index contributed by atoms with van der Waals surface area (Å²) in [4.78, 5) is 14.9. The molecule has 1 N–H and O–H groups in total. The van der Waals surface area contributed by atoms with Crippen LogP contribution in [0.3, 0.4) is 0 Å². The van der Waals surface area contributed by atoms with E-state index in [4.69, 9.17) is 0 Å². The molecule has 24 heavy (non-hydrogen) atoms. The van der Waals surface area contributed by atoms with Crippen LogP contribution in [0.2, 0.25) is 0 Å². The molecule has 0 radical (unpaired) electrons. The predicted molar refractivity (Wildman–Crippen MR) is 94.8 cm³/mol. The third kappa shape index (κ3) is 4.03. The zero-order chi connectivity index (χ0) is 16.8. The molecular weight excluding hydrogens is 300 g/mol. The van der Waals surface area contributed by atoms with Gasteiger partial charge in [-0.1, -0.05) is 36.8 Å². The Kier molecular flexibility index (Phi) is 5.64. The second-order valence-corrected chi connectivity index (χ2v) is 6.29. The van der Waals surface area contributed by atoms with Crippen molar-refractivity contribution in [3.05, 3.63) is 53.9 Å². The molecule has 5 heteroatoms. The van der Waals surface area contributed by atoms with E-state index >= 15 is 0 Å². The van der Waals surface area contributed by atoms with Crippen LogP contribution < -0.4 is 5.32 Å². The minimum atomic E-state index is -0.0971. The van der Waals surface area contributed by atoms with E-state index in [0.29, 0.717) is 12.2 Å². The standard InChI is InChI=1S/C19H26N4O/c1-2-23-14-11-17(21-23)19(24)20-15-18(16-9-5-3-6-10-16)22-12-7-4-8-13-22/h3,5-6,9-11,14,18H,2,4,7-8,12-13,15H2,1H3,(H,20,24)/t18-/m0/s1. The van der Waals surface area contributed by atoms with E-state index in [0.717, 1.165) is 19.6 Å². The van der Waals surface area contributed by atoms with Crippen LogP contribution >= 0.6 is 0 Å². The lowest BCUT2D eigenvalue weighted by Gasteiger charge is -2.35. The van der Waals surface area contributed by atoms with Crippen molar-refractivity contribution in [3.63, 3.8) is 0 Å². The van der Waals surface area contributed by atoms with Gasteiger partial charge >= 0.3 is 0 Å². The van der Waals surface area contributed by atoms with E-state index < -0.39 is 0 Å². The second-order valence-electron chi connectivity index (χ2n) is 6.29. The monoisotopic (exact) mass is 326 g/mol. The van der Waals surface area contributed by atoms with Gasteiger partial charge in [-0.05, 0) is 44.5 Å². The Morgan fingerprint density at radius 1 is 1.17 bits per heavy atom. The lowest BCUT2D eigenvalue weighted by Crippen LogP contribution is -2.40. The zero-order valence-electron chi connectivity index (χ0n) is 14.3. The number of rotatable bonds is 6. The minimum absolute atomic E-state index is 0.0971. The highest BCUT2D eigenvalue weighted by atomic mass is 16.1. The first-order chi connectivity index (χ1) is 11.8. The maximum atomic E-state index is 12.4. The van der Waals surface area contributed by atoms with Crippen molar-refractivity contribution in [1.82, 2.24) is 20.0 Å². The third-order valence-electron chi connectivity index (χ3n) is 4.67. The number of carbonyl (C=O) groups excluding carboxylic acids is 1. The van der Waals surface area contributed by atoms with Gasteiger partial charge in [-0.2, -0.15) is 5.10 Å². The summed E-state index contributed by atoms with van der Waals surface area (Å²) < 4.78 is 1.77. The van der Waals surface area contributed by atoms with Crippen molar-refractivity contribution in [3.8, 4) is 0 Å². The SMILES string of the molecule is CCn1ccc(C(=O)NC[C@@H](c2ccccc2)N2CCCCC2)n1. The van der Waals surface area contributed by atoms with Gasteiger partial charge in [0, 0.05) is 19.3 Å². The fourth-order valence-electron chi connectivity index (χ4n) is 3.30. The fraction of sp³-hybridized carbons (Fsp3) is 0.474. The molecule has 1 aliphatic heterocycles. The summed E-state index contributed by atoms with van der Waals surface area (Å²) in [6, 6.07) is 12.5. The molecule has 0 saturated carbocycles. The number of nitrogens with zero attached hydrogens (tertiary/aromatic N) is 3. The first-order valence-electron chi connectivity index (χ1n) is 8.88. The summed E-state index contributed by atoms with van der Waals surface area (Å²) in [5, 5.41) is 7.36. The summed E-state index contributed by atoms with van der Waals surface area (Å²) in [7, 11) is 0. The number of amides is 1. The molecule has 2 heterocycles. The first-order valence-corrected chi connectivity index (χ1v) is 8.88. The number of benzene rings is 1. The highest BCUT2D eigenvalue weighted by Crippen LogP contribution is 2.24. The molecule has 0 aliphatic carbocycles. The van der Waals surface area contributed by atoms with E-state index in [1.165, 1.54) is 24.8 Å². The van der Waals surface area contributed by atoms with E-state index in [2.05, 4.69) is 39.6 Å². The Morgan fingerprint density at radius 2 is 1.92 bits per heavy atom. The smallest absolute Gasteiger partial charge is 0.271 e. The number of nitrogens with one attached hydrogen (secondary N) is 1. The molecule has 0 unspecified atom stereocenters. The molecular formula is C19H26N4O. The zero-order valence-corrected chi connectivity index (χ0v) is 14.3.